The fraction of sp³-hybridized carbons (Fsp3) is 0.341. The van der Waals surface area contributed by atoms with Crippen molar-refractivity contribution in [1.29, 1.82) is 0 Å². The van der Waals surface area contributed by atoms with E-state index in [0.717, 1.165) is 53.9 Å². The molecule has 1 aliphatic rings. The van der Waals surface area contributed by atoms with Gasteiger partial charge in [-0.15, -0.1) is 0 Å². The molecule has 0 bridgehead atoms. The van der Waals surface area contributed by atoms with Crippen molar-refractivity contribution in [3.8, 4) is 17.2 Å². The van der Waals surface area contributed by atoms with E-state index >= 15 is 0 Å². The highest BCUT2D eigenvalue weighted by atomic mass is 16.5. The van der Waals surface area contributed by atoms with Gasteiger partial charge < -0.3 is 35.0 Å². The molecule has 0 aliphatic carbocycles. The Kier molecular flexibility index (Phi) is 13.6. The van der Waals surface area contributed by atoms with Crippen LogP contribution in [0.4, 0.5) is 11.4 Å². The Labute approximate surface area is 323 Å². The second kappa shape index (κ2) is 19.1. The first kappa shape index (κ1) is 39.1. The molecular weight excluding hydrogens is 693 g/mol. The molecule has 2 heterocycles. The van der Waals surface area contributed by atoms with E-state index in [1.807, 2.05) is 96.8 Å². The van der Waals surface area contributed by atoms with Crippen molar-refractivity contribution in [3.63, 3.8) is 0 Å². The van der Waals surface area contributed by atoms with Gasteiger partial charge in [0.25, 0.3) is 11.8 Å². The van der Waals surface area contributed by atoms with Crippen LogP contribution in [-0.2, 0) is 17.7 Å². The number of fused-ring (bicyclic) bond motifs is 1. The van der Waals surface area contributed by atoms with Gasteiger partial charge in [-0.1, -0.05) is 81.3 Å². The number of carbonyl (C=O) groups is 2. The smallest absolute Gasteiger partial charge is 0.274 e. The number of aromatic nitrogens is 2. The molecule has 0 radical (unpaired) electrons. The molecule has 4 aromatic carbocycles. The van der Waals surface area contributed by atoms with E-state index in [1.165, 1.54) is 0 Å². The van der Waals surface area contributed by atoms with E-state index in [1.54, 1.807) is 21.7 Å². The maximum Gasteiger partial charge on any atom is 0.274 e. The lowest BCUT2D eigenvalue weighted by atomic mass is 9.93. The number of aryl methyl sites for hydroxylation is 1. The van der Waals surface area contributed by atoms with Crippen molar-refractivity contribution in [2.45, 2.75) is 65.5 Å². The van der Waals surface area contributed by atoms with Gasteiger partial charge in [-0.25, -0.2) is 4.68 Å². The minimum absolute atomic E-state index is 0.108. The maximum absolute atomic E-state index is 14.6. The number of unbranched alkanes of at least 4 members (excludes halogenated alkanes) is 2. The van der Waals surface area contributed by atoms with Crippen molar-refractivity contribution in [1.82, 2.24) is 19.6 Å². The number of carbonyl (C=O) groups excluding carboxylic acids is 2. The quantitative estimate of drug-likeness (QED) is 0.0610. The summed E-state index contributed by atoms with van der Waals surface area (Å²) in [5.41, 5.74) is 5.67. The summed E-state index contributed by atoms with van der Waals surface area (Å²) in [7, 11) is 0. The number of hydrogen-bond acceptors (Lipinski definition) is 8. The summed E-state index contributed by atoms with van der Waals surface area (Å²) in [6, 6.07) is 32.2. The molecule has 0 fully saturated rings. The molecule has 11 heteroatoms. The fourth-order valence-corrected chi connectivity index (χ4v) is 6.77. The van der Waals surface area contributed by atoms with Crippen LogP contribution in [0.25, 0.3) is 5.69 Å². The number of amides is 2. The lowest BCUT2D eigenvalue weighted by Gasteiger charge is -2.36. The Morgan fingerprint density at radius 3 is 2.29 bits per heavy atom. The van der Waals surface area contributed by atoms with E-state index < -0.39 is 6.04 Å². The Morgan fingerprint density at radius 1 is 0.855 bits per heavy atom. The number of nitrogens with zero attached hydrogens (tertiary/aromatic N) is 4. The normalized spacial score (nSPS) is 13.6. The van der Waals surface area contributed by atoms with Crippen molar-refractivity contribution in [2.24, 2.45) is 0 Å². The number of nitrogens with one attached hydrogen (secondary N) is 2. The van der Waals surface area contributed by atoms with Crippen LogP contribution >= 0.6 is 0 Å². The molecule has 5 aromatic rings. The molecule has 0 saturated heterocycles. The van der Waals surface area contributed by atoms with E-state index in [4.69, 9.17) is 14.6 Å². The average Bonchev–Trinajstić information content (AvgIpc) is 3.61. The van der Waals surface area contributed by atoms with Crippen molar-refractivity contribution in [3.05, 3.63) is 131 Å². The van der Waals surface area contributed by atoms with E-state index in [0.29, 0.717) is 54.4 Å². The van der Waals surface area contributed by atoms with Gasteiger partial charge >= 0.3 is 0 Å². The van der Waals surface area contributed by atoms with Crippen LogP contribution in [0.15, 0.2) is 103 Å². The zero-order valence-corrected chi connectivity index (χ0v) is 32.0. The average molecular weight is 745 g/mol. The van der Waals surface area contributed by atoms with Crippen LogP contribution in [0, 0.1) is 6.92 Å². The standard InChI is InChI=1S/C44H52N6O5/c1-4-6-23-48(24-7-5-2)44(53)40-25-32(3)50(47-40)41-22-21-35(27-38(41)43(52)49-28-34-16-12-11-15-33(34)26-36(49)29-51)45-30-54-31-46-39-19-13-14-20-42(39)55-37-17-9-8-10-18-37/h8-22,25,27,36,45-46,51H,4-7,23-24,26,28-31H2,1-3H3/t36-/m0/s1. The fourth-order valence-electron chi connectivity index (χ4n) is 6.77. The first-order valence-corrected chi connectivity index (χ1v) is 19.3. The summed E-state index contributed by atoms with van der Waals surface area (Å²) in [5, 5.41) is 21.8. The summed E-state index contributed by atoms with van der Waals surface area (Å²) >= 11 is 0. The molecule has 55 heavy (non-hydrogen) atoms. The van der Waals surface area contributed by atoms with E-state index in [2.05, 4.69) is 30.5 Å². The third-order valence-electron chi connectivity index (χ3n) is 9.84. The predicted molar refractivity (Wildman–Crippen MR) is 216 cm³/mol. The molecule has 2 amide bonds. The number of rotatable bonds is 18. The first-order chi connectivity index (χ1) is 26.9. The van der Waals surface area contributed by atoms with Gasteiger partial charge in [-0.2, -0.15) is 5.10 Å². The molecule has 1 atom stereocenters. The van der Waals surface area contributed by atoms with Gasteiger partial charge in [0.2, 0.25) is 0 Å². The number of aliphatic hydroxyl groups excluding tert-OH is 1. The topological polar surface area (TPSA) is 121 Å². The minimum atomic E-state index is -0.392. The SMILES string of the molecule is CCCCN(CCCC)C(=O)c1cc(C)n(-c2ccc(NCOCNc3ccccc3Oc3ccccc3)cc2C(=O)N2Cc3ccccc3C[C@H]2CO)n1. The Morgan fingerprint density at radius 2 is 1.55 bits per heavy atom. The number of para-hydroxylation sites is 3. The molecular formula is C44H52N6O5. The van der Waals surface area contributed by atoms with Gasteiger partial charge in [-0.3, -0.25) is 9.59 Å². The number of hydrogen-bond donors (Lipinski definition) is 3. The largest absolute Gasteiger partial charge is 0.455 e. The van der Waals surface area contributed by atoms with Crippen LogP contribution in [0.2, 0.25) is 0 Å². The Hall–Kier alpha value is -5.65. The summed E-state index contributed by atoms with van der Waals surface area (Å²) < 4.78 is 13.7. The molecule has 11 nitrogen and oxygen atoms in total. The molecule has 0 unspecified atom stereocenters. The van der Waals surface area contributed by atoms with Crippen LogP contribution in [-0.4, -0.2) is 75.7 Å². The second-order valence-electron chi connectivity index (χ2n) is 13.8. The predicted octanol–water partition coefficient (Wildman–Crippen LogP) is 8.03. The van der Waals surface area contributed by atoms with Crippen molar-refractivity contribution < 1.29 is 24.2 Å². The second-order valence-corrected chi connectivity index (χ2v) is 13.8. The Balaban J connectivity index is 1.22. The molecule has 3 N–H and O–H groups in total. The van der Waals surface area contributed by atoms with E-state index in [9.17, 15) is 14.7 Å². The third-order valence-corrected chi connectivity index (χ3v) is 9.84. The number of aliphatic hydroxyl groups is 1. The van der Waals surface area contributed by atoms with Gasteiger partial charge in [0.15, 0.2) is 11.4 Å². The highest BCUT2D eigenvalue weighted by Gasteiger charge is 2.32. The minimum Gasteiger partial charge on any atom is -0.455 e. The van der Waals surface area contributed by atoms with Crippen molar-refractivity contribution in [2.75, 3.05) is 43.8 Å². The monoisotopic (exact) mass is 744 g/mol. The van der Waals surface area contributed by atoms with Gasteiger partial charge in [0, 0.05) is 31.0 Å². The molecule has 1 aliphatic heterocycles. The zero-order valence-electron chi connectivity index (χ0n) is 32.0. The molecule has 0 spiro atoms. The molecule has 0 saturated carbocycles. The van der Waals surface area contributed by atoms with Gasteiger partial charge in [-0.05, 0) is 85.8 Å². The van der Waals surface area contributed by atoms with Gasteiger partial charge in [0.05, 0.1) is 29.6 Å². The van der Waals surface area contributed by atoms with Crippen LogP contribution in [0.1, 0.15) is 77.2 Å². The lowest BCUT2D eigenvalue weighted by Crippen LogP contribution is -2.46. The number of ether oxygens (including phenoxy) is 2. The van der Waals surface area contributed by atoms with E-state index in [-0.39, 0.29) is 31.9 Å². The Bertz CT molecular complexity index is 2020. The zero-order chi connectivity index (χ0) is 38.6. The summed E-state index contributed by atoms with van der Waals surface area (Å²) in [4.78, 5) is 32.0. The van der Waals surface area contributed by atoms with Crippen molar-refractivity contribution >= 4 is 23.2 Å². The first-order valence-electron chi connectivity index (χ1n) is 19.3. The third kappa shape index (κ3) is 9.72. The summed E-state index contributed by atoms with van der Waals surface area (Å²) in [6.45, 7) is 8.04. The highest BCUT2D eigenvalue weighted by molar-refractivity contribution is 5.99. The number of benzene rings is 4. The highest BCUT2D eigenvalue weighted by Crippen LogP contribution is 2.30. The maximum atomic E-state index is 14.6. The van der Waals surface area contributed by atoms with Crippen LogP contribution in [0.5, 0.6) is 11.5 Å². The molecule has 1 aromatic heterocycles. The lowest BCUT2D eigenvalue weighted by molar-refractivity contribution is 0.0544. The number of anilines is 2. The molecule has 6 rings (SSSR count). The van der Waals surface area contributed by atoms with Crippen LogP contribution in [0.3, 0.4) is 0 Å². The summed E-state index contributed by atoms with van der Waals surface area (Å²) in [6.07, 6.45) is 4.37. The molecule has 288 valence electrons. The van der Waals surface area contributed by atoms with Gasteiger partial charge in [0.1, 0.15) is 19.2 Å². The van der Waals surface area contributed by atoms with Crippen LogP contribution < -0.4 is 15.4 Å². The summed E-state index contributed by atoms with van der Waals surface area (Å²) in [5.74, 6) is 1.07.